The van der Waals surface area contributed by atoms with E-state index in [1.807, 2.05) is 0 Å². The summed E-state index contributed by atoms with van der Waals surface area (Å²) in [6.45, 7) is 4.28. The Morgan fingerprint density at radius 1 is 0.769 bits per heavy atom. The average molecular weight is 343 g/mol. The number of rotatable bonds is 7. The van der Waals surface area contributed by atoms with E-state index in [1.165, 1.54) is 53.1 Å². The number of para-hydroxylation sites is 1. The molecule has 0 spiro atoms. The van der Waals surface area contributed by atoms with Crippen LogP contribution < -0.4 is 4.57 Å². The predicted molar refractivity (Wildman–Crippen MR) is 109 cm³/mol. The molecule has 26 heavy (non-hydrogen) atoms. The van der Waals surface area contributed by atoms with Crippen LogP contribution in [-0.2, 0) is 13.1 Å². The second kappa shape index (κ2) is 7.74. The Morgan fingerprint density at radius 2 is 1.54 bits per heavy atom. The molecular weight excluding hydrogens is 316 g/mol. The third-order valence-electron chi connectivity index (χ3n) is 5.22. The van der Waals surface area contributed by atoms with Gasteiger partial charge in [0.1, 0.15) is 5.52 Å². The highest BCUT2D eigenvalue weighted by Crippen LogP contribution is 2.28. The first-order chi connectivity index (χ1) is 12.9. The highest BCUT2D eigenvalue weighted by atomic mass is 15.0. The molecule has 0 bridgehead atoms. The molecule has 2 heteroatoms. The summed E-state index contributed by atoms with van der Waals surface area (Å²) in [6.07, 6.45) is 9.69. The predicted octanol–water partition coefficient (Wildman–Crippen LogP) is 5.71. The van der Waals surface area contributed by atoms with Gasteiger partial charge in [-0.3, -0.25) is 0 Å². The van der Waals surface area contributed by atoms with E-state index in [2.05, 4.69) is 89.1 Å². The lowest BCUT2D eigenvalue weighted by Crippen LogP contribution is -2.33. The Balaban J connectivity index is 1.73. The first-order valence-corrected chi connectivity index (χ1v) is 9.81. The Morgan fingerprint density at radius 3 is 2.38 bits per heavy atom. The van der Waals surface area contributed by atoms with Gasteiger partial charge in [0.25, 0.3) is 0 Å². The largest absolute Gasteiger partial charge is 0.336 e. The van der Waals surface area contributed by atoms with E-state index >= 15 is 0 Å². The first-order valence-electron chi connectivity index (χ1n) is 9.81. The van der Waals surface area contributed by atoms with Gasteiger partial charge in [-0.15, -0.1) is 0 Å². The fourth-order valence-corrected chi connectivity index (χ4v) is 3.86. The fraction of sp³-hybridized carbons (Fsp3) is 0.292. The van der Waals surface area contributed by atoms with E-state index in [4.69, 9.17) is 0 Å². The maximum Gasteiger partial charge on any atom is 0.193 e. The molecule has 0 saturated carbocycles. The maximum absolute atomic E-state index is 2.52. The van der Waals surface area contributed by atoms with Gasteiger partial charge in [-0.05, 0) is 12.5 Å². The lowest BCUT2D eigenvalue weighted by Gasteiger charge is -2.06. The van der Waals surface area contributed by atoms with Crippen molar-refractivity contribution in [1.29, 1.82) is 0 Å². The summed E-state index contributed by atoms with van der Waals surface area (Å²) in [4.78, 5) is 0. The van der Waals surface area contributed by atoms with Crippen LogP contribution in [0.1, 0.15) is 38.2 Å². The van der Waals surface area contributed by atoms with Crippen molar-refractivity contribution >= 4 is 21.8 Å². The van der Waals surface area contributed by atoms with Crippen LogP contribution >= 0.6 is 0 Å². The monoisotopic (exact) mass is 343 g/mol. The lowest BCUT2D eigenvalue weighted by atomic mass is 10.2. The van der Waals surface area contributed by atoms with Gasteiger partial charge < -0.3 is 4.57 Å². The Labute approximate surface area is 155 Å². The molecule has 0 saturated heterocycles. The van der Waals surface area contributed by atoms with E-state index in [-0.39, 0.29) is 0 Å². The van der Waals surface area contributed by atoms with E-state index in [9.17, 15) is 0 Å². The van der Waals surface area contributed by atoms with Crippen molar-refractivity contribution in [2.75, 3.05) is 0 Å². The van der Waals surface area contributed by atoms with Crippen molar-refractivity contribution in [2.45, 2.75) is 45.7 Å². The lowest BCUT2D eigenvalue weighted by molar-refractivity contribution is -0.687. The van der Waals surface area contributed by atoms with E-state index in [0.29, 0.717) is 0 Å². The van der Waals surface area contributed by atoms with Crippen LogP contribution in [0.2, 0.25) is 0 Å². The molecule has 4 aromatic rings. The molecule has 0 aliphatic carbocycles. The number of hydrogen-bond acceptors (Lipinski definition) is 0. The van der Waals surface area contributed by atoms with Crippen molar-refractivity contribution < 1.29 is 4.57 Å². The topological polar surface area (TPSA) is 8.81 Å². The Bertz CT molecular complexity index is 999. The van der Waals surface area contributed by atoms with Crippen molar-refractivity contribution in [3.8, 4) is 0 Å². The van der Waals surface area contributed by atoms with Gasteiger partial charge in [-0.25, -0.2) is 0 Å². The van der Waals surface area contributed by atoms with Crippen LogP contribution in [0.4, 0.5) is 0 Å². The van der Waals surface area contributed by atoms with Gasteiger partial charge in [0.2, 0.25) is 0 Å². The van der Waals surface area contributed by atoms with Crippen LogP contribution in [0, 0.1) is 0 Å². The van der Waals surface area contributed by atoms with Gasteiger partial charge in [0.15, 0.2) is 18.9 Å². The molecule has 2 nitrogen and oxygen atoms in total. The molecule has 0 fully saturated rings. The van der Waals surface area contributed by atoms with Crippen LogP contribution in [0.5, 0.6) is 0 Å². The van der Waals surface area contributed by atoms with Crippen LogP contribution in [0.25, 0.3) is 21.8 Å². The third kappa shape index (κ3) is 3.37. The van der Waals surface area contributed by atoms with Crippen molar-refractivity contribution in [1.82, 2.24) is 4.57 Å². The van der Waals surface area contributed by atoms with Gasteiger partial charge >= 0.3 is 0 Å². The second-order valence-corrected chi connectivity index (χ2v) is 7.13. The van der Waals surface area contributed by atoms with E-state index < -0.39 is 0 Å². The molecule has 2 aromatic heterocycles. The standard InChI is InChI=1S/C24H27N2/c1-2-3-4-10-16-26-23-14-9-8-13-21(23)22-15-17-25(19-24(22)26)18-20-11-6-5-7-12-20/h5-9,11-15,17,19H,2-4,10,16,18H2,1H3/q+1. The summed E-state index contributed by atoms with van der Waals surface area (Å²) in [7, 11) is 0. The van der Waals surface area contributed by atoms with E-state index in [0.717, 1.165) is 13.1 Å². The zero-order valence-electron chi connectivity index (χ0n) is 15.6. The molecule has 2 heterocycles. The highest BCUT2D eigenvalue weighted by Gasteiger charge is 2.14. The molecule has 0 amide bonds. The second-order valence-electron chi connectivity index (χ2n) is 7.13. The number of nitrogens with zero attached hydrogens (tertiary/aromatic N) is 2. The van der Waals surface area contributed by atoms with Gasteiger partial charge in [0.05, 0.1) is 0 Å². The van der Waals surface area contributed by atoms with Gasteiger partial charge in [-0.2, -0.15) is 4.57 Å². The fourth-order valence-electron chi connectivity index (χ4n) is 3.86. The number of hydrogen-bond donors (Lipinski definition) is 0. The van der Waals surface area contributed by atoms with Gasteiger partial charge in [-0.1, -0.05) is 74.7 Å². The van der Waals surface area contributed by atoms with Crippen molar-refractivity contribution in [2.24, 2.45) is 0 Å². The molecule has 4 rings (SSSR count). The number of fused-ring (bicyclic) bond motifs is 3. The molecule has 0 N–H and O–H groups in total. The normalized spacial score (nSPS) is 11.4. The molecule has 0 unspecified atom stereocenters. The Hall–Kier alpha value is -2.61. The summed E-state index contributed by atoms with van der Waals surface area (Å²) in [5, 5.41) is 2.73. The highest BCUT2D eigenvalue weighted by molar-refractivity contribution is 6.07. The van der Waals surface area contributed by atoms with Crippen LogP contribution in [0.3, 0.4) is 0 Å². The SMILES string of the molecule is CCCCCCn1c2ccccc2c2cc[n+](Cc3ccccc3)cc21. The minimum Gasteiger partial charge on any atom is -0.336 e. The first kappa shape index (κ1) is 16.8. The molecule has 2 aromatic carbocycles. The quantitative estimate of drug-likeness (QED) is 0.300. The van der Waals surface area contributed by atoms with Crippen LogP contribution in [-0.4, -0.2) is 4.57 Å². The number of aryl methyl sites for hydroxylation is 1. The number of benzene rings is 2. The summed E-state index contributed by atoms with van der Waals surface area (Å²) < 4.78 is 4.82. The van der Waals surface area contributed by atoms with E-state index in [1.54, 1.807) is 0 Å². The zero-order chi connectivity index (χ0) is 17.8. The van der Waals surface area contributed by atoms with Crippen molar-refractivity contribution in [3.63, 3.8) is 0 Å². The van der Waals surface area contributed by atoms with Gasteiger partial charge in [0, 0.05) is 34.5 Å². The zero-order valence-corrected chi connectivity index (χ0v) is 15.6. The summed E-state index contributed by atoms with van der Waals surface area (Å²) in [5.41, 5.74) is 4.04. The number of pyridine rings is 1. The number of unbranched alkanes of at least 4 members (excludes halogenated alkanes) is 3. The minimum atomic E-state index is 0.911. The molecule has 132 valence electrons. The molecule has 0 radical (unpaired) electrons. The number of aromatic nitrogens is 2. The Kier molecular flexibility index (Phi) is 5.01. The minimum absolute atomic E-state index is 0.911. The summed E-state index contributed by atoms with van der Waals surface area (Å²) in [6, 6.07) is 21.8. The molecule has 0 atom stereocenters. The third-order valence-corrected chi connectivity index (χ3v) is 5.22. The molecular formula is C24H27N2+. The summed E-state index contributed by atoms with van der Waals surface area (Å²) in [5.74, 6) is 0. The smallest absolute Gasteiger partial charge is 0.193 e. The maximum atomic E-state index is 2.52. The molecule has 0 aliphatic heterocycles. The van der Waals surface area contributed by atoms with Crippen LogP contribution in [0.15, 0.2) is 73.1 Å². The average Bonchev–Trinajstić information content (AvgIpc) is 2.99. The van der Waals surface area contributed by atoms with Crippen molar-refractivity contribution in [3.05, 3.63) is 78.6 Å². The molecule has 0 aliphatic rings. The summed E-state index contributed by atoms with van der Waals surface area (Å²) >= 11 is 0.